The first-order valence-electron chi connectivity index (χ1n) is 8.65. The van der Waals surface area contributed by atoms with Gasteiger partial charge < -0.3 is 14.2 Å². The monoisotopic (exact) mass is 378 g/mol. The van der Waals surface area contributed by atoms with Crippen molar-refractivity contribution in [2.45, 2.75) is 33.3 Å². The van der Waals surface area contributed by atoms with Crippen LogP contribution >= 0.6 is 0 Å². The molecule has 1 N–H and O–H groups in total. The molecule has 0 saturated carbocycles. The van der Waals surface area contributed by atoms with Crippen LogP contribution in [-0.2, 0) is 22.6 Å². The highest BCUT2D eigenvalue weighted by Gasteiger charge is 2.15. The van der Waals surface area contributed by atoms with E-state index in [0.29, 0.717) is 23.5 Å². The molecule has 2 aromatic heterocycles. The summed E-state index contributed by atoms with van der Waals surface area (Å²) in [6, 6.07) is 11.2. The number of aromatic amines is 1. The Labute approximate surface area is 160 Å². The smallest absolute Gasteiger partial charge is 0.306 e. The molecular weight excluding hydrogens is 360 g/mol. The molecule has 0 amide bonds. The number of esters is 1. The molecule has 1 aromatic carbocycles. The van der Waals surface area contributed by atoms with Gasteiger partial charge in [-0.15, -0.1) is 0 Å². The number of hydrogen-bond acceptors (Lipinski definition) is 7. The van der Waals surface area contributed by atoms with Crippen LogP contribution in [0.1, 0.15) is 34.7 Å². The van der Waals surface area contributed by atoms with E-state index in [1.54, 1.807) is 13.8 Å². The number of pyridine rings is 1. The predicted octanol–water partition coefficient (Wildman–Crippen LogP) is 2.59. The third-order valence-corrected chi connectivity index (χ3v) is 4.36. The lowest BCUT2D eigenvalue weighted by Gasteiger charge is -2.10. The van der Waals surface area contributed by atoms with E-state index in [-0.39, 0.29) is 24.5 Å². The lowest BCUT2D eigenvalue weighted by atomic mass is 9.99. The Morgan fingerprint density at radius 2 is 2.04 bits per heavy atom. The molecule has 3 aromatic rings. The van der Waals surface area contributed by atoms with Gasteiger partial charge in [0.25, 0.3) is 11.4 Å². The van der Waals surface area contributed by atoms with Gasteiger partial charge in [0.15, 0.2) is 6.61 Å². The molecule has 0 spiro atoms. The number of carbonyl (C=O) groups is 1. The fourth-order valence-electron chi connectivity index (χ4n) is 2.88. The molecule has 0 unspecified atom stereocenters. The van der Waals surface area contributed by atoms with Crippen LogP contribution in [0.25, 0.3) is 11.4 Å². The molecule has 28 heavy (non-hydrogen) atoms. The van der Waals surface area contributed by atoms with E-state index >= 15 is 0 Å². The van der Waals surface area contributed by atoms with Crippen LogP contribution in [0.5, 0.6) is 0 Å². The average molecular weight is 378 g/mol. The number of nitriles is 1. The van der Waals surface area contributed by atoms with Crippen molar-refractivity contribution in [1.29, 1.82) is 5.26 Å². The number of benzene rings is 1. The number of ether oxygens (including phenoxy) is 1. The summed E-state index contributed by atoms with van der Waals surface area (Å²) in [5.41, 5.74) is 2.43. The van der Waals surface area contributed by atoms with Crippen LogP contribution in [0.4, 0.5) is 0 Å². The van der Waals surface area contributed by atoms with Gasteiger partial charge in [-0.25, -0.2) is 0 Å². The van der Waals surface area contributed by atoms with E-state index in [1.807, 2.05) is 36.4 Å². The first-order valence-corrected chi connectivity index (χ1v) is 8.65. The van der Waals surface area contributed by atoms with Crippen molar-refractivity contribution in [3.63, 3.8) is 0 Å². The van der Waals surface area contributed by atoms with E-state index in [0.717, 1.165) is 11.1 Å². The molecule has 142 valence electrons. The van der Waals surface area contributed by atoms with Crippen LogP contribution in [0.2, 0.25) is 0 Å². The van der Waals surface area contributed by atoms with Crippen LogP contribution in [0.3, 0.4) is 0 Å². The number of nitrogens with one attached hydrogen (secondary N) is 1. The Kier molecular flexibility index (Phi) is 5.65. The molecule has 0 radical (unpaired) electrons. The molecule has 3 rings (SSSR count). The van der Waals surface area contributed by atoms with Crippen LogP contribution in [-0.4, -0.2) is 21.1 Å². The van der Waals surface area contributed by atoms with Crippen LogP contribution in [0, 0.1) is 25.2 Å². The van der Waals surface area contributed by atoms with E-state index in [4.69, 9.17) is 14.5 Å². The minimum absolute atomic E-state index is 0.0632. The lowest BCUT2D eigenvalue weighted by molar-refractivity contribution is -0.145. The lowest BCUT2D eigenvalue weighted by Crippen LogP contribution is -2.17. The second-order valence-corrected chi connectivity index (χ2v) is 6.21. The van der Waals surface area contributed by atoms with Crippen molar-refractivity contribution in [1.82, 2.24) is 15.1 Å². The minimum Gasteiger partial charge on any atom is -0.456 e. The predicted molar refractivity (Wildman–Crippen MR) is 99.1 cm³/mol. The highest BCUT2D eigenvalue weighted by Crippen LogP contribution is 2.17. The summed E-state index contributed by atoms with van der Waals surface area (Å²) in [7, 11) is 0. The zero-order chi connectivity index (χ0) is 20.1. The standard InChI is InChI=1S/C20H18N4O4/c1-12-15(13(2)22-20(26)16(12)10-21)8-9-18(25)27-11-17-23-19(24-28-17)14-6-4-3-5-7-14/h3-7H,8-9,11H2,1-2H3,(H,22,26). The summed E-state index contributed by atoms with van der Waals surface area (Å²) in [5.74, 6) is 0.188. The molecule has 0 atom stereocenters. The van der Waals surface area contributed by atoms with Crippen molar-refractivity contribution in [3.8, 4) is 17.5 Å². The molecule has 0 bridgehead atoms. The van der Waals surface area contributed by atoms with Gasteiger partial charge in [0.1, 0.15) is 11.6 Å². The van der Waals surface area contributed by atoms with Crippen LogP contribution < -0.4 is 5.56 Å². The number of nitrogens with zero attached hydrogens (tertiary/aromatic N) is 3. The van der Waals surface area contributed by atoms with Crippen molar-refractivity contribution in [2.24, 2.45) is 0 Å². The van der Waals surface area contributed by atoms with Crippen molar-refractivity contribution in [2.75, 3.05) is 0 Å². The molecule has 8 nitrogen and oxygen atoms in total. The topological polar surface area (TPSA) is 122 Å². The molecule has 8 heteroatoms. The largest absolute Gasteiger partial charge is 0.456 e. The Bertz CT molecular complexity index is 1090. The van der Waals surface area contributed by atoms with Gasteiger partial charge in [0.05, 0.1) is 0 Å². The molecular formula is C20H18N4O4. The fraction of sp³-hybridized carbons (Fsp3) is 0.250. The minimum atomic E-state index is -0.442. The zero-order valence-electron chi connectivity index (χ0n) is 15.5. The number of aryl methyl sites for hydroxylation is 1. The van der Waals surface area contributed by atoms with Crippen molar-refractivity contribution < 1.29 is 14.1 Å². The zero-order valence-corrected chi connectivity index (χ0v) is 15.5. The van der Waals surface area contributed by atoms with Gasteiger partial charge in [-0.2, -0.15) is 10.2 Å². The first-order chi connectivity index (χ1) is 13.5. The third-order valence-electron chi connectivity index (χ3n) is 4.36. The van der Waals surface area contributed by atoms with Gasteiger partial charge >= 0.3 is 5.97 Å². The highest BCUT2D eigenvalue weighted by molar-refractivity contribution is 5.70. The maximum atomic E-state index is 12.1. The van der Waals surface area contributed by atoms with Crippen LogP contribution in [0.15, 0.2) is 39.6 Å². The van der Waals surface area contributed by atoms with Crippen molar-refractivity contribution >= 4 is 5.97 Å². The molecule has 0 saturated heterocycles. The Morgan fingerprint density at radius 1 is 1.29 bits per heavy atom. The van der Waals surface area contributed by atoms with Gasteiger partial charge in [-0.05, 0) is 31.4 Å². The summed E-state index contributed by atoms with van der Waals surface area (Å²) >= 11 is 0. The number of aromatic nitrogens is 3. The molecule has 0 aliphatic heterocycles. The summed E-state index contributed by atoms with van der Waals surface area (Å²) in [6.07, 6.45) is 0.444. The number of H-pyrrole nitrogens is 1. The molecule has 0 fully saturated rings. The third kappa shape index (κ3) is 4.15. The number of rotatable bonds is 6. The summed E-state index contributed by atoms with van der Waals surface area (Å²) in [4.78, 5) is 30.7. The van der Waals surface area contributed by atoms with Gasteiger partial charge in [-0.3, -0.25) is 9.59 Å². The first kappa shape index (κ1) is 19.0. The quantitative estimate of drug-likeness (QED) is 0.654. The van der Waals surface area contributed by atoms with Crippen molar-refractivity contribution in [3.05, 3.63) is 69.0 Å². The van der Waals surface area contributed by atoms with E-state index < -0.39 is 11.5 Å². The summed E-state index contributed by atoms with van der Waals surface area (Å²) < 4.78 is 10.3. The maximum absolute atomic E-state index is 12.1. The second-order valence-electron chi connectivity index (χ2n) is 6.21. The van der Waals surface area contributed by atoms with E-state index in [9.17, 15) is 9.59 Å². The number of hydrogen-bond donors (Lipinski definition) is 1. The van der Waals surface area contributed by atoms with Gasteiger partial charge in [-0.1, -0.05) is 35.5 Å². The van der Waals surface area contributed by atoms with E-state index in [2.05, 4.69) is 15.1 Å². The molecule has 0 aliphatic rings. The molecule has 0 aliphatic carbocycles. The summed E-state index contributed by atoms with van der Waals surface area (Å²) in [6.45, 7) is 3.32. The average Bonchev–Trinajstić information content (AvgIpc) is 3.16. The Hall–Kier alpha value is -3.73. The highest BCUT2D eigenvalue weighted by atomic mass is 16.6. The van der Waals surface area contributed by atoms with Gasteiger partial charge in [0, 0.05) is 17.7 Å². The molecule has 2 heterocycles. The van der Waals surface area contributed by atoms with Gasteiger partial charge in [0.2, 0.25) is 5.82 Å². The van der Waals surface area contributed by atoms with E-state index in [1.165, 1.54) is 0 Å². The second kappa shape index (κ2) is 8.31. The Balaban J connectivity index is 1.58. The Morgan fingerprint density at radius 3 is 2.75 bits per heavy atom. The normalized spacial score (nSPS) is 10.5. The SMILES string of the molecule is Cc1[nH]c(=O)c(C#N)c(C)c1CCC(=O)OCc1nc(-c2ccccc2)no1. The summed E-state index contributed by atoms with van der Waals surface area (Å²) in [5, 5.41) is 13.0. The number of carbonyl (C=O) groups excluding carboxylic acids is 1. The maximum Gasteiger partial charge on any atom is 0.306 e. The fourth-order valence-corrected chi connectivity index (χ4v) is 2.88.